The maximum absolute atomic E-state index is 12.0. The van der Waals surface area contributed by atoms with Crippen LogP contribution in [-0.4, -0.2) is 5.91 Å². The van der Waals surface area contributed by atoms with Gasteiger partial charge in [0.2, 0.25) is 0 Å². The average molecular weight is 281 g/mol. The van der Waals surface area contributed by atoms with Gasteiger partial charge in [-0.25, -0.2) is 0 Å². The lowest BCUT2D eigenvalue weighted by Crippen LogP contribution is -2.26. The van der Waals surface area contributed by atoms with Crippen LogP contribution in [0, 0.1) is 0 Å². The Labute approximate surface area is 115 Å². The first-order valence-corrected chi connectivity index (χ1v) is 6.73. The summed E-state index contributed by atoms with van der Waals surface area (Å²) in [6, 6.07) is 8.80. The van der Waals surface area contributed by atoms with Gasteiger partial charge in [0, 0.05) is 10.4 Å². The molecule has 1 atom stereocenters. The minimum Gasteiger partial charge on any atom is -0.398 e. The summed E-state index contributed by atoms with van der Waals surface area (Å²) in [6.07, 6.45) is 0. The Balaban J connectivity index is 2.10. The largest absolute Gasteiger partial charge is 0.398 e. The van der Waals surface area contributed by atoms with Crippen molar-refractivity contribution in [2.24, 2.45) is 0 Å². The predicted molar refractivity (Wildman–Crippen MR) is 76.1 cm³/mol. The third-order valence-corrected chi connectivity index (χ3v) is 3.97. The molecular weight excluding hydrogens is 268 g/mol. The summed E-state index contributed by atoms with van der Waals surface area (Å²) in [5.74, 6) is -0.153. The first kappa shape index (κ1) is 12.9. The second-order valence-corrected chi connectivity index (χ2v) is 5.33. The molecule has 3 nitrogen and oxygen atoms in total. The first-order chi connectivity index (χ1) is 8.58. The molecule has 0 radical (unpaired) electrons. The molecular formula is C13H13ClN2OS. The van der Waals surface area contributed by atoms with Crippen molar-refractivity contribution >= 4 is 34.5 Å². The van der Waals surface area contributed by atoms with Crippen molar-refractivity contribution in [1.82, 2.24) is 5.32 Å². The Bertz CT molecular complexity index is 554. The molecule has 1 heterocycles. The molecule has 0 spiro atoms. The molecule has 2 aromatic rings. The van der Waals surface area contributed by atoms with E-state index in [2.05, 4.69) is 5.32 Å². The summed E-state index contributed by atoms with van der Waals surface area (Å²) >= 11 is 7.43. The first-order valence-electron chi connectivity index (χ1n) is 5.47. The zero-order valence-corrected chi connectivity index (χ0v) is 11.4. The van der Waals surface area contributed by atoms with Crippen LogP contribution < -0.4 is 11.1 Å². The zero-order valence-electron chi connectivity index (χ0n) is 9.81. The predicted octanol–water partition coefficient (Wildman–Crippen LogP) is 3.47. The van der Waals surface area contributed by atoms with E-state index in [9.17, 15) is 4.79 Å². The van der Waals surface area contributed by atoms with Crippen LogP contribution in [0.4, 0.5) is 5.69 Å². The number of nitrogens with two attached hydrogens (primary N) is 1. The highest BCUT2D eigenvalue weighted by atomic mass is 35.5. The highest BCUT2D eigenvalue weighted by Crippen LogP contribution is 2.21. The topological polar surface area (TPSA) is 55.1 Å². The Morgan fingerprint density at radius 2 is 2.22 bits per heavy atom. The summed E-state index contributed by atoms with van der Waals surface area (Å²) in [4.78, 5) is 13.1. The Morgan fingerprint density at radius 3 is 2.83 bits per heavy atom. The van der Waals surface area contributed by atoms with E-state index in [1.807, 2.05) is 24.4 Å². The molecule has 0 aliphatic heterocycles. The van der Waals surface area contributed by atoms with Crippen molar-refractivity contribution in [3.63, 3.8) is 0 Å². The smallest absolute Gasteiger partial charge is 0.251 e. The summed E-state index contributed by atoms with van der Waals surface area (Å²) in [7, 11) is 0. The van der Waals surface area contributed by atoms with Crippen LogP contribution in [0.2, 0.25) is 5.02 Å². The number of thiophene rings is 1. The summed E-state index contributed by atoms with van der Waals surface area (Å²) < 4.78 is 0. The van der Waals surface area contributed by atoms with Gasteiger partial charge in [0.15, 0.2) is 0 Å². The normalized spacial score (nSPS) is 12.1. The Kier molecular flexibility index (Phi) is 3.89. The fraction of sp³-hybridized carbons (Fsp3) is 0.154. The van der Waals surface area contributed by atoms with Gasteiger partial charge in [-0.05, 0) is 36.6 Å². The maximum Gasteiger partial charge on any atom is 0.251 e. The van der Waals surface area contributed by atoms with Gasteiger partial charge in [0.25, 0.3) is 5.91 Å². The molecule has 0 bridgehead atoms. The lowest BCUT2D eigenvalue weighted by atomic mass is 10.1. The standard InChI is InChI=1S/C13H13ClN2OS/c1-8(12-3-2-6-18-12)16-13(17)9-4-5-10(14)11(15)7-9/h2-8H,15H2,1H3,(H,16,17)/t8-/m1/s1. The number of hydrogen-bond donors (Lipinski definition) is 2. The number of benzene rings is 1. The van der Waals surface area contributed by atoms with Gasteiger partial charge in [0.1, 0.15) is 0 Å². The van der Waals surface area contributed by atoms with E-state index in [4.69, 9.17) is 17.3 Å². The van der Waals surface area contributed by atoms with Crippen LogP contribution in [0.3, 0.4) is 0 Å². The van der Waals surface area contributed by atoms with Crippen LogP contribution in [0.1, 0.15) is 28.2 Å². The molecule has 3 N–H and O–H groups in total. The highest BCUT2D eigenvalue weighted by Gasteiger charge is 2.12. The molecule has 0 fully saturated rings. The molecule has 0 saturated heterocycles. The van der Waals surface area contributed by atoms with E-state index in [-0.39, 0.29) is 11.9 Å². The monoisotopic (exact) mass is 280 g/mol. The minimum atomic E-state index is -0.153. The van der Waals surface area contributed by atoms with Crippen molar-refractivity contribution in [3.8, 4) is 0 Å². The van der Waals surface area contributed by atoms with E-state index in [1.54, 1.807) is 29.5 Å². The Morgan fingerprint density at radius 1 is 1.44 bits per heavy atom. The van der Waals surface area contributed by atoms with Crippen LogP contribution in [0.25, 0.3) is 0 Å². The van der Waals surface area contributed by atoms with Crippen LogP contribution in [0.5, 0.6) is 0 Å². The lowest BCUT2D eigenvalue weighted by molar-refractivity contribution is 0.0940. The molecule has 5 heteroatoms. The second-order valence-electron chi connectivity index (χ2n) is 3.95. The SMILES string of the molecule is C[C@@H](NC(=O)c1ccc(Cl)c(N)c1)c1cccs1. The van der Waals surface area contributed by atoms with E-state index >= 15 is 0 Å². The van der Waals surface area contributed by atoms with E-state index in [0.29, 0.717) is 16.3 Å². The second kappa shape index (κ2) is 5.42. The fourth-order valence-corrected chi connectivity index (χ4v) is 2.43. The molecule has 1 amide bonds. The van der Waals surface area contributed by atoms with Gasteiger partial charge in [0.05, 0.1) is 16.8 Å². The molecule has 18 heavy (non-hydrogen) atoms. The van der Waals surface area contributed by atoms with Gasteiger partial charge in [-0.1, -0.05) is 17.7 Å². The van der Waals surface area contributed by atoms with Crippen molar-refractivity contribution in [2.75, 3.05) is 5.73 Å². The van der Waals surface area contributed by atoms with E-state index in [1.165, 1.54) is 0 Å². The molecule has 0 aliphatic carbocycles. The number of carbonyl (C=O) groups is 1. The number of nitrogen functional groups attached to an aromatic ring is 1. The molecule has 0 unspecified atom stereocenters. The summed E-state index contributed by atoms with van der Waals surface area (Å²) in [6.45, 7) is 1.95. The van der Waals surface area contributed by atoms with Gasteiger partial charge in [-0.15, -0.1) is 11.3 Å². The lowest BCUT2D eigenvalue weighted by Gasteiger charge is -2.12. The van der Waals surface area contributed by atoms with E-state index in [0.717, 1.165) is 4.88 Å². The van der Waals surface area contributed by atoms with Crippen molar-refractivity contribution in [2.45, 2.75) is 13.0 Å². The summed E-state index contributed by atoms with van der Waals surface area (Å²) in [5.41, 5.74) is 6.60. The number of nitrogens with one attached hydrogen (secondary N) is 1. The van der Waals surface area contributed by atoms with Crippen LogP contribution in [-0.2, 0) is 0 Å². The third kappa shape index (κ3) is 2.83. The maximum atomic E-state index is 12.0. The van der Waals surface area contributed by atoms with Crippen molar-refractivity contribution in [3.05, 3.63) is 51.2 Å². The van der Waals surface area contributed by atoms with Crippen molar-refractivity contribution < 1.29 is 4.79 Å². The average Bonchev–Trinajstić information content (AvgIpc) is 2.86. The number of carbonyl (C=O) groups excluding carboxylic acids is 1. The summed E-state index contributed by atoms with van der Waals surface area (Å²) in [5, 5.41) is 5.36. The Hall–Kier alpha value is -1.52. The molecule has 1 aromatic heterocycles. The van der Waals surface area contributed by atoms with Crippen molar-refractivity contribution in [1.29, 1.82) is 0 Å². The van der Waals surface area contributed by atoms with Gasteiger partial charge in [-0.3, -0.25) is 4.79 Å². The van der Waals surface area contributed by atoms with Crippen LogP contribution >= 0.6 is 22.9 Å². The molecule has 0 saturated carbocycles. The molecule has 0 aliphatic rings. The van der Waals surface area contributed by atoms with Gasteiger partial charge < -0.3 is 11.1 Å². The zero-order chi connectivity index (χ0) is 13.1. The highest BCUT2D eigenvalue weighted by molar-refractivity contribution is 7.10. The quantitative estimate of drug-likeness (QED) is 0.846. The van der Waals surface area contributed by atoms with Crippen LogP contribution in [0.15, 0.2) is 35.7 Å². The molecule has 2 rings (SSSR count). The molecule has 94 valence electrons. The number of rotatable bonds is 3. The molecule has 1 aromatic carbocycles. The number of amides is 1. The number of hydrogen-bond acceptors (Lipinski definition) is 3. The number of anilines is 1. The van der Waals surface area contributed by atoms with Gasteiger partial charge in [-0.2, -0.15) is 0 Å². The van der Waals surface area contributed by atoms with Gasteiger partial charge >= 0.3 is 0 Å². The minimum absolute atomic E-state index is 0.0191. The third-order valence-electron chi connectivity index (χ3n) is 2.58. The fourth-order valence-electron chi connectivity index (χ4n) is 1.57. The number of halogens is 1. The van der Waals surface area contributed by atoms with E-state index < -0.39 is 0 Å².